The predicted molar refractivity (Wildman–Crippen MR) is 126 cm³/mol. The fraction of sp³-hybridized carbons (Fsp3) is 0.200. The number of nitrogens with one attached hydrogen (secondary N) is 1. The molecule has 162 valence electrons. The van der Waals surface area contributed by atoms with Gasteiger partial charge in [-0.25, -0.2) is 0 Å². The van der Waals surface area contributed by atoms with Crippen LogP contribution in [0.5, 0.6) is 11.6 Å². The number of aromatic hydroxyl groups is 1. The Morgan fingerprint density at radius 2 is 1.88 bits per heavy atom. The Balaban J connectivity index is 1.56. The molecule has 6 nitrogen and oxygen atoms in total. The minimum atomic E-state index is -0.284. The summed E-state index contributed by atoms with van der Waals surface area (Å²) in [6, 6.07) is 18.2. The summed E-state index contributed by atoms with van der Waals surface area (Å²) in [5.41, 5.74) is 3.81. The Morgan fingerprint density at radius 3 is 2.62 bits per heavy atom. The molecule has 0 aliphatic carbocycles. The van der Waals surface area contributed by atoms with E-state index in [4.69, 9.17) is 4.74 Å². The van der Waals surface area contributed by atoms with Crippen molar-refractivity contribution < 1.29 is 14.6 Å². The van der Waals surface area contributed by atoms with Crippen LogP contribution in [0.2, 0.25) is 0 Å². The number of nitrogens with zero attached hydrogens (tertiary/aromatic N) is 1. The van der Waals surface area contributed by atoms with Gasteiger partial charge in [-0.3, -0.25) is 14.6 Å². The number of H-pyrrole nitrogens is 1. The van der Waals surface area contributed by atoms with Crippen LogP contribution in [-0.4, -0.2) is 23.1 Å². The van der Waals surface area contributed by atoms with E-state index < -0.39 is 0 Å². The molecule has 7 heteroatoms. The topological polar surface area (TPSA) is 82.6 Å². The SMILES string of the molecule is COc1ccc(Cc2sc(=O)[nH]c2O)c2c1N(Cc1ccc3ccccc3c1)C(=O)CC2. The second-order valence-corrected chi connectivity index (χ2v) is 8.95. The van der Waals surface area contributed by atoms with Gasteiger partial charge in [-0.2, -0.15) is 0 Å². The maximum atomic E-state index is 13.0. The van der Waals surface area contributed by atoms with Gasteiger partial charge in [-0.1, -0.05) is 53.8 Å². The highest BCUT2D eigenvalue weighted by Crippen LogP contribution is 2.41. The van der Waals surface area contributed by atoms with Gasteiger partial charge in [0.25, 0.3) is 0 Å². The van der Waals surface area contributed by atoms with Gasteiger partial charge in [0.2, 0.25) is 11.8 Å². The first kappa shape index (κ1) is 20.3. The molecule has 2 heterocycles. The van der Waals surface area contributed by atoms with Gasteiger partial charge >= 0.3 is 4.87 Å². The molecule has 32 heavy (non-hydrogen) atoms. The highest BCUT2D eigenvalue weighted by molar-refractivity contribution is 7.09. The predicted octanol–water partition coefficient (Wildman–Crippen LogP) is 4.37. The molecule has 1 aliphatic heterocycles. The van der Waals surface area contributed by atoms with E-state index >= 15 is 0 Å². The van der Waals surface area contributed by atoms with Gasteiger partial charge < -0.3 is 14.7 Å². The first-order valence-corrected chi connectivity index (χ1v) is 11.2. The number of benzene rings is 3. The number of hydrogen-bond donors (Lipinski definition) is 2. The van der Waals surface area contributed by atoms with Crippen molar-refractivity contribution in [3.05, 3.63) is 85.8 Å². The number of aromatic nitrogens is 1. The minimum absolute atomic E-state index is 0.0512. The highest BCUT2D eigenvalue weighted by atomic mass is 32.1. The Kier molecular flexibility index (Phi) is 5.19. The maximum absolute atomic E-state index is 13.0. The average Bonchev–Trinajstić information content (AvgIpc) is 3.12. The molecule has 2 N–H and O–H groups in total. The van der Waals surface area contributed by atoms with Crippen LogP contribution in [0.4, 0.5) is 5.69 Å². The van der Waals surface area contributed by atoms with Crippen LogP contribution >= 0.6 is 11.3 Å². The highest BCUT2D eigenvalue weighted by Gasteiger charge is 2.30. The second-order valence-electron chi connectivity index (χ2n) is 7.88. The van der Waals surface area contributed by atoms with Gasteiger partial charge in [-0.15, -0.1) is 0 Å². The van der Waals surface area contributed by atoms with Crippen LogP contribution in [0, 0.1) is 0 Å². The molecule has 5 rings (SSSR count). The van der Waals surface area contributed by atoms with Gasteiger partial charge in [0.15, 0.2) is 0 Å². The molecule has 0 radical (unpaired) electrons. The number of methoxy groups -OCH3 is 1. The zero-order chi connectivity index (χ0) is 22.2. The maximum Gasteiger partial charge on any atom is 0.307 e. The smallest absolute Gasteiger partial charge is 0.307 e. The summed E-state index contributed by atoms with van der Waals surface area (Å²) in [6.45, 7) is 0.444. The summed E-state index contributed by atoms with van der Waals surface area (Å²) in [5.74, 6) is 0.601. The Morgan fingerprint density at radius 1 is 1.06 bits per heavy atom. The lowest BCUT2D eigenvalue weighted by molar-refractivity contribution is -0.119. The van der Waals surface area contributed by atoms with E-state index in [1.807, 2.05) is 24.3 Å². The molecule has 0 fully saturated rings. The van der Waals surface area contributed by atoms with Crippen LogP contribution in [-0.2, 0) is 24.2 Å². The zero-order valence-electron chi connectivity index (χ0n) is 17.6. The summed E-state index contributed by atoms with van der Waals surface area (Å²) in [6.07, 6.45) is 1.41. The lowest BCUT2D eigenvalue weighted by Gasteiger charge is -2.32. The number of fused-ring (bicyclic) bond motifs is 2. The number of ether oxygens (including phenoxy) is 1. The molecule has 0 spiro atoms. The number of anilines is 1. The van der Waals surface area contributed by atoms with Gasteiger partial charge in [0.1, 0.15) is 5.75 Å². The number of amides is 1. The Labute approximate surface area is 188 Å². The lowest BCUT2D eigenvalue weighted by atomic mass is 9.92. The van der Waals surface area contributed by atoms with E-state index in [1.54, 1.807) is 12.0 Å². The summed E-state index contributed by atoms with van der Waals surface area (Å²) >= 11 is 1.00. The molecule has 0 saturated heterocycles. The monoisotopic (exact) mass is 446 g/mol. The molecular weight excluding hydrogens is 424 g/mol. The molecule has 4 aromatic rings. The van der Waals surface area contributed by atoms with Crippen molar-refractivity contribution in [2.45, 2.75) is 25.8 Å². The van der Waals surface area contributed by atoms with Crippen molar-refractivity contribution in [1.29, 1.82) is 0 Å². The van der Waals surface area contributed by atoms with E-state index in [0.29, 0.717) is 36.4 Å². The van der Waals surface area contributed by atoms with E-state index in [0.717, 1.165) is 44.5 Å². The molecule has 1 aliphatic rings. The Bertz CT molecular complexity index is 1390. The molecule has 1 aromatic heterocycles. The van der Waals surface area contributed by atoms with E-state index in [9.17, 15) is 14.7 Å². The van der Waals surface area contributed by atoms with E-state index in [1.165, 1.54) is 0 Å². The molecule has 0 saturated carbocycles. The standard InChI is InChI=1S/C25H22N2O4S/c1-31-20-10-8-18(13-21-24(29)26-25(30)32-21)19-9-11-22(28)27(23(19)20)14-15-6-7-16-4-2-3-5-17(16)12-15/h2-8,10,12,29H,9,11,13-14H2,1H3,(H,26,30). The van der Waals surface area contributed by atoms with Gasteiger partial charge in [-0.05, 0) is 46.0 Å². The van der Waals surface area contributed by atoms with Crippen molar-refractivity contribution >= 4 is 33.7 Å². The van der Waals surface area contributed by atoms with Gasteiger partial charge in [0.05, 0.1) is 24.2 Å². The van der Waals surface area contributed by atoms with E-state index in [-0.39, 0.29) is 16.7 Å². The first-order chi connectivity index (χ1) is 15.5. The zero-order valence-corrected chi connectivity index (χ0v) is 18.4. The molecule has 0 bridgehead atoms. The summed E-state index contributed by atoms with van der Waals surface area (Å²) in [5, 5.41) is 12.3. The van der Waals surface area contributed by atoms with Crippen molar-refractivity contribution in [1.82, 2.24) is 4.98 Å². The normalized spacial score (nSPS) is 13.4. The van der Waals surface area contributed by atoms with E-state index in [2.05, 4.69) is 35.3 Å². The molecule has 0 unspecified atom stereocenters. The molecular formula is C25H22N2O4S. The largest absolute Gasteiger partial charge is 0.495 e. The summed E-state index contributed by atoms with van der Waals surface area (Å²) < 4.78 is 5.64. The third-order valence-corrected chi connectivity index (χ3v) is 6.80. The number of carbonyl (C=O) groups is 1. The lowest BCUT2D eigenvalue weighted by Crippen LogP contribution is -2.35. The van der Waals surface area contributed by atoms with Crippen LogP contribution in [0.25, 0.3) is 10.8 Å². The van der Waals surface area contributed by atoms with Crippen LogP contribution in [0.3, 0.4) is 0 Å². The van der Waals surface area contributed by atoms with Gasteiger partial charge in [0, 0.05) is 12.8 Å². The third-order valence-electron chi connectivity index (χ3n) is 5.93. The second kappa shape index (κ2) is 8.16. The Hall–Kier alpha value is -3.58. The average molecular weight is 447 g/mol. The van der Waals surface area contributed by atoms with Crippen LogP contribution < -0.4 is 14.5 Å². The number of aromatic amines is 1. The fourth-order valence-electron chi connectivity index (χ4n) is 4.39. The van der Waals surface area contributed by atoms with Crippen molar-refractivity contribution in [3.8, 4) is 11.6 Å². The fourth-order valence-corrected chi connectivity index (χ4v) is 5.13. The summed E-state index contributed by atoms with van der Waals surface area (Å²) in [4.78, 5) is 29.1. The molecule has 0 atom stereocenters. The van der Waals surface area contributed by atoms with Crippen molar-refractivity contribution in [2.24, 2.45) is 0 Å². The number of carbonyl (C=O) groups excluding carboxylic acids is 1. The summed E-state index contributed by atoms with van der Waals surface area (Å²) in [7, 11) is 1.60. The third kappa shape index (κ3) is 3.65. The van der Waals surface area contributed by atoms with Crippen molar-refractivity contribution in [2.75, 3.05) is 12.0 Å². The van der Waals surface area contributed by atoms with Crippen molar-refractivity contribution in [3.63, 3.8) is 0 Å². The number of hydrogen-bond acceptors (Lipinski definition) is 5. The molecule has 1 amide bonds. The van der Waals surface area contributed by atoms with Crippen LogP contribution in [0.15, 0.2) is 59.4 Å². The number of thiazole rings is 1. The molecule has 3 aromatic carbocycles. The van der Waals surface area contributed by atoms with Crippen LogP contribution in [0.1, 0.15) is 28.0 Å². The quantitative estimate of drug-likeness (QED) is 0.477. The minimum Gasteiger partial charge on any atom is -0.495 e. The first-order valence-electron chi connectivity index (χ1n) is 10.4. The number of rotatable bonds is 5.